The quantitative estimate of drug-likeness (QED) is 0.599. The molecular formula is C22H25N3O3S. The molecule has 0 unspecified atom stereocenters. The predicted molar refractivity (Wildman–Crippen MR) is 116 cm³/mol. The first-order valence-electron chi connectivity index (χ1n) is 9.75. The smallest absolute Gasteiger partial charge is 0.250 e. The molecule has 0 saturated heterocycles. The van der Waals surface area contributed by atoms with Gasteiger partial charge in [-0.2, -0.15) is 0 Å². The molecule has 0 spiro atoms. The third kappa shape index (κ3) is 6.09. The van der Waals surface area contributed by atoms with Crippen LogP contribution in [0.2, 0.25) is 0 Å². The van der Waals surface area contributed by atoms with Crippen LogP contribution < -0.4 is 16.4 Å². The van der Waals surface area contributed by atoms with Gasteiger partial charge in [-0.25, -0.2) is 0 Å². The maximum atomic E-state index is 12.4. The fourth-order valence-electron chi connectivity index (χ4n) is 3.41. The minimum absolute atomic E-state index is 0.0765. The fourth-order valence-corrected chi connectivity index (χ4v) is 4.17. The van der Waals surface area contributed by atoms with E-state index in [0.29, 0.717) is 5.69 Å². The zero-order valence-corrected chi connectivity index (χ0v) is 17.0. The summed E-state index contributed by atoms with van der Waals surface area (Å²) in [5.41, 5.74) is 6.75. The number of rotatable bonds is 7. The van der Waals surface area contributed by atoms with E-state index in [4.69, 9.17) is 5.73 Å². The standard InChI is InChI=1S/C22H25N3O3S/c23-21(27)18-11-4-5-12-19(18)25-20(26)14-29-17-10-6-9-16(13-17)24-22(28)15-7-2-1-3-8-15/h4-6,9-13,15H,1-3,7-8,14H2,(H2,23,27)(H,24,28)(H,25,26). The molecule has 1 aliphatic rings. The first-order valence-corrected chi connectivity index (χ1v) is 10.7. The Morgan fingerprint density at radius 2 is 1.72 bits per heavy atom. The van der Waals surface area contributed by atoms with E-state index >= 15 is 0 Å². The molecule has 152 valence electrons. The number of benzene rings is 2. The molecule has 4 N–H and O–H groups in total. The molecule has 1 fully saturated rings. The van der Waals surface area contributed by atoms with Gasteiger partial charge in [0.25, 0.3) is 5.91 Å². The lowest BCUT2D eigenvalue weighted by molar-refractivity contribution is -0.120. The third-order valence-electron chi connectivity index (χ3n) is 4.91. The first kappa shape index (κ1) is 20.9. The summed E-state index contributed by atoms with van der Waals surface area (Å²) in [6.07, 6.45) is 5.34. The summed E-state index contributed by atoms with van der Waals surface area (Å²) in [4.78, 5) is 37.0. The Morgan fingerprint density at radius 3 is 2.48 bits per heavy atom. The highest BCUT2D eigenvalue weighted by molar-refractivity contribution is 8.00. The lowest BCUT2D eigenvalue weighted by Crippen LogP contribution is -2.24. The van der Waals surface area contributed by atoms with Crippen LogP contribution in [0.4, 0.5) is 11.4 Å². The second-order valence-electron chi connectivity index (χ2n) is 7.10. The van der Waals surface area contributed by atoms with Crippen LogP contribution in [0.5, 0.6) is 0 Å². The van der Waals surface area contributed by atoms with Crippen LogP contribution in [0.25, 0.3) is 0 Å². The van der Waals surface area contributed by atoms with Crippen LogP contribution >= 0.6 is 11.8 Å². The summed E-state index contributed by atoms with van der Waals surface area (Å²) in [5, 5.41) is 5.72. The zero-order valence-electron chi connectivity index (χ0n) is 16.1. The van der Waals surface area contributed by atoms with Crippen molar-refractivity contribution >= 4 is 40.9 Å². The zero-order chi connectivity index (χ0) is 20.6. The Kier molecular flexibility index (Phi) is 7.30. The highest BCUT2D eigenvalue weighted by atomic mass is 32.2. The normalized spacial score (nSPS) is 14.2. The summed E-state index contributed by atoms with van der Waals surface area (Å²) in [5.74, 6) is -0.480. The number of nitrogens with one attached hydrogen (secondary N) is 2. The monoisotopic (exact) mass is 411 g/mol. The number of nitrogens with two attached hydrogens (primary N) is 1. The lowest BCUT2D eigenvalue weighted by Gasteiger charge is -2.20. The van der Waals surface area contributed by atoms with Crippen molar-refractivity contribution in [3.8, 4) is 0 Å². The van der Waals surface area contributed by atoms with E-state index < -0.39 is 5.91 Å². The molecule has 0 aliphatic heterocycles. The largest absolute Gasteiger partial charge is 0.366 e. The minimum atomic E-state index is -0.588. The van der Waals surface area contributed by atoms with Gasteiger partial charge in [-0.15, -0.1) is 11.8 Å². The van der Waals surface area contributed by atoms with Crippen molar-refractivity contribution in [2.24, 2.45) is 11.7 Å². The van der Waals surface area contributed by atoms with Gasteiger partial charge in [0, 0.05) is 16.5 Å². The van der Waals surface area contributed by atoms with E-state index in [9.17, 15) is 14.4 Å². The summed E-state index contributed by atoms with van der Waals surface area (Å²) >= 11 is 1.36. The molecule has 1 aliphatic carbocycles. The Morgan fingerprint density at radius 1 is 0.966 bits per heavy atom. The van der Waals surface area contributed by atoms with Gasteiger partial charge in [-0.05, 0) is 43.2 Å². The molecule has 0 bridgehead atoms. The van der Waals surface area contributed by atoms with Crippen LogP contribution in [0.15, 0.2) is 53.4 Å². The molecule has 29 heavy (non-hydrogen) atoms. The summed E-state index contributed by atoms with van der Waals surface area (Å²) in [6.45, 7) is 0. The number of anilines is 2. The Hall–Kier alpha value is -2.80. The van der Waals surface area contributed by atoms with Gasteiger partial charge in [0.15, 0.2) is 0 Å². The SMILES string of the molecule is NC(=O)c1ccccc1NC(=O)CSc1cccc(NC(=O)C2CCCCC2)c1. The minimum Gasteiger partial charge on any atom is -0.366 e. The van der Waals surface area contributed by atoms with Crippen LogP contribution in [0, 0.1) is 5.92 Å². The average molecular weight is 412 g/mol. The highest BCUT2D eigenvalue weighted by Gasteiger charge is 2.21. The van der Waals surface area contributed by atoms with Crippen molar-refractivity contribution in [1.82, 2.24) is 0 Å². The molecule has 1 saturated carbocycles. The van der Waals surface area contributed by atoms with Crippen molar-refractivity contribution in [3.63, 3.8) is 0 Å². The molecule has 0 atom stereocenters. The number of hydrogen-bond acceptors (Lipinski definition) is 4. The number of amides is 3. The molecule has 7 heteroatoms. The van der Waals surface area contributed by atoms with Gasteiger partial charge in [0.05, 0.1) is 17.0 Å². The molecule has 0 heterocycles. The van der Waals surface area contributed by atoms with Gasteiger partial charge in [0.2, 0.25) is 11.8 Å². The average Bonchev–Trinajstić information content (AvgIpc) is 2.73. The first-order chi connectivity index (χ1) is 14.0. The van der Waals surface area contributed by atoms with Crippen LogP contribution in [0.3, 0.4) is 0 Å². The Bertz CT molecular complexity index is 894. The molecule has 2 aromatic carbocycles. The fraction of sp³-hybridized carbons (Fsp3) is 0.318. The highest BCUT2D eigenvalue weighted by Crippen LogP contribution is 2.26. The molecule has 2 aromatic rings. The number of hydrogen-bond donors (Lipinski definition) is 3. The van der Waals surface area contributed by atoms with Gasteiger partial charge in [-0.1, -0.05) is 37.5 Å². The van der Waals surface area contributed by atoms with Gasteiger partial charge in [0.1, 0.15) is 0 Å². The van der Waals surface area contributed by atoms with Crippen LogP contribution in [-0.2, 0) is 9.59 Å². The topological polar surface area (TPSA) is 101 Å². The molecule has 0 radical (unpaired) electrons. The van der Waals surface area contributed by atoms with E-state index in [0.717, 1.165) is 36.3 Å². The molecule has 3 amide bonds. The van der Waals surface area contributed by atoms with Crippen LogP contribution in [-0.4, -0.2) is 23.5 Å². The van der Waals surface area contributed by atoms with E-state index in [1.165, 1.54) is 18.2 Å². The number of primary amides is 1. The van der Waals surface area contributed by atoms with E-state index in [1.54, 1.807) is 24.3 Å². The van der Waals surface area contributed by atoms with Gasteiger partial charge >= 0.3 is 0 Å². The number of thioether (sulfide) groups is 1. The van der Waals surface area contributed by atoms with E-state index in [2.05, 4.69) is 10.6 Å². The van der Waals surface area contributed by atoms with Crippen molar-refractivity contribution in [1.29, 1.82) is 0 Å². The van der Waals surface area contributed by atoms with E-state index in [1.807, 2.05) is 24.3 Å². The predicted octanol–water partition coefficient (Wildman–Crippen LogP) is 4.04. The number of carbonyl (C=O) groups is 3. The summed E-state index contributed by atoms with van der Waals surface area (Å²) < 4.78 is 0. The van der Waals surface area contributed by atoms with Gasteiger partial charge in [-0.3, -0.25) is 14.4 Å². The molecule has 6 nitrogen and oxygen atoms in total. The second-order valence-corrected chi connectivity index (χ2v) is 8.15. The van der Waals surface area contributed by atoms with E-state index in [-0.39, 0.29) is 29.0 Å². The van der Waals surface area contributed by atoms with Crippen molar-refractivity contribution in [3.05, 3.63) is 54.1 Å². The third-order valence-corrected chi connectivity index (χ3v) is 5.91. The Labute approximate surface area is 174 Å². The molecule has 3 rings (SSSR count). The van der Waals surface area contributed by atoms with Crippen molar-refractivity contribution in [2.75, 3.05) is 16.4 Å². The van der Waals surface area contributed by atoms with Gasteiger partial charge < -0.3 is 16.4 Å². The van der Waals surface area contributed by atoms with Crippen molar-refractivity contribution in [2.45, 2.75) is 37.0 Å². The summed E-state index contributed by atoms with van der Waals surface area (Å²) in [7, 11) is 0. The lowest BCUT2D eigenvalue weighted by atomic mass is 9.88. The van der Waals surface area contributed by atoms with Crippen LogP contribution in [0.1, 0.15) is 42.5 Å². The summed E-state index contributed by atoms with van der Waals surface area (Å²) in [6, 6.07) is 14.1. The Balaban J connectivity index is 1.54. The molecular weight excluding hydrogens is 386 g/mol. The van der Waals surface area contributed by atoms with Crippen molar-refractivity contribution < 1.29 is 14.4 Å². The second kappa shape index (κ2) is 10.1. The maximum absolute atomic E-state index is 12.4. The number of para-hydroxylation sites is 1. The maximum Gasteiger partial charge on any atom is 0.250 e. The molecule has 0 aromatic heterocycles. The number of carbonyl (C=O) groups excluding carboxylic acids is 3.